The molecule has 4 heteroatoms. The maximum atomic E-state index is 12.5. The van der Waals surface area contributed by atoms with Crippen LogP contribution in [0.1, 0.15) is 43.7 Å². The molecule has 1 aliphatic heterocycles. The van der Waals surface area contributed by atoms with Gasteiger partial charge in [-0.3, -0.25) is 4.90 Å². The van der Waals surface area contributed by atoms with E-state index in [0.717, 1.165) is 34.9 Å². The molecule has 0 bridgehead atoms. The van der Waals surface area contributed by atoms with E-state index in [2.05, 4.69) is 11.8 Å². The van der Waals surface area contributed by atoms with Crippen LogP contribution in [0, 0.1) is 6.92 Å². The van der Waals surface area contributed by atoms with Gasteiger partial charge in [-0.25, -0.2) is 4.79 Å². The summed E-state index contributed by atoms with van der Waals surface area (Å²) >= 11 is 0. The molecule has 0 radical (unpaired) electrons. The minimum Gasteiger partial charge on any atom is -0.507 e. The molecule has 1 N–H and O–H groups in total. The Morgan fingerprint density at radius 3 is 2.77 bits per heavy atom. The highest BCUT2D eigenvalue weighted by Gasteiger charge is 2.24. The van der Waals surface area contributed by atoms with Gasteiger partial charge in [-0.15, -0.1) is 0 Å². The smallest absolute Gasteiger partial charge is 0.344 e. The molecule has 1 aromatic heterocycles. The Morgan fingerprint density at radius 1 is 1.23 bits per heavy atom. The summed E-state index contributed by atoms with van der Waals surface area (Å²) in [5.41, 5.74) is 1.84. The van der Waals surface area contributed by atoms with Crippen molar-refractivity contribution in [3.63, 3.8) is 0 Å². The largest absolute Gasteiger partial charge is 0.507 e. The van der Waals surface area contributed by atoms with Gasteiger partial charge in [0.15, 0.2) is 0 Å². The number of nitrogens with zero attached hydrogens (tertiary/aromatic N) is 1. The van der Waals surface area contributed by atoms with E-state index in [1.807, 2.05) is 25.1 Å². The van der Waals surface area contributed by atoms with Gasteiger partial charge in [-0.05, 0) is 50.4 Å². The van der Waals surface area contributed by atoms with Gasteiger partial charge in [0.05, 0.1) is 10.9 Å². The van der Waals surface area contributed by atoms with Crippen molar-refractivity contribution in [3.05, 3.63) is 51.9 Å². The number of hydrogen-bond donors (Lipinski definition) is 1. The minimum atomic E-state index is -0.343. The summed E-state index contributed by atoms with van der Waals surface area (Å²) < 4.78 is 5.74. The highest BCUT2D eigenvalue weighted by molar-refractivity contribution is 6.07. The molecule has 2 aromatic carbocycles. The Hall–Kier alpha value is -2.33. The SMILES string of the molecule is CC[C@@H]1CCCCN1Cc1c(O)cc(C)c2c1oc(=O)c1ccccc12. The molecule has 136 valence electrons. The molecule has 4 rings (SSSR count). The Kier molecular flexibility index (Phi) is 4.45. The van der Waals surface area contributed by atoms with Crippen LogP contribution in [0.2, 0.25) is 0 Å². The number of fused-ring (bicyclic) bond motifs is 3. The number of hydrogen-bond acceptors (Lipinski definition) is 4. The van der Waals surface area contributed by atoms with Crippen molar-refractivity contribution in [3.8, 4) is 5.75 Å². The zero-order valence-corrected chi connectivity index (χ0v) is 15.4. The van der Waals surface area contributed by atoms with Crippen LogP contribution in [0.15, 0.2) is 39.5 Å². The highest BCUT2D eigenvalue weighted by Crippen LogP contribution is 2.35. The van der Waals surface area contributed by atoms with Crippen LogP contribution in [-0.4, -0.2) is 22.6 Å². The van der Waals surface area contributed by atoms with Gasteiger partial charge in [0.25, 0.3) is 0 Å². The predicted molar refractivity (Wildman–Crippen MR) is 105 cm³/mol. The fraction of sp³-hybridized carbons (Fsp3) is 0.409. The first kappa shape index (κ1) is 17.1. The number of rotatable bonds is 3. The molecule has 1 saturated heterocycles. The number of likely N-dealkylation sites (tertiary alicyclic amines) is 1. The van der Waals surface area contributed by atoms with Crippen LogP contribution in [0.25, 0.3) is 21.7 Å². The van der Waals surface area contributed by atoms with Gasteiger partial charge in [-0.2, -0.15) is 0 Å². The van der Waals surface area contributed by atoms with Crippen LogP contribution < -0.4 is 5.63 Å². The van der Waals surface area contributed by atoms with Crippen molar-refractivity contribution in [1.82, 2.24) is 4.90 Å². The van der Waals surface area contributed by atoms with Crippen LogP contribution >= 0.6 is 0 Å². The van der Waals surface area contributed by atoms with Crippen molar-refractivity contribution < 1.29 is 9.52 Å². The zero-order valence-electron chi connectivity index (χ0n) is 15.4. The first-order valence-corrected chi connectivity index (χ1v) is 9.51. The Bertz CT molecular complexity index is 1020. The number of benzene rings is 2. The first-order valence-electron chi connectivity index (χ1n) is 9.51. The van der Waals surface area contributed by atoms with E-state index < -0.39 is 0 Å². The summed E-state index contributed by atoms with van der Waals surface area (Å²) in [5, 5.41) is 13.1. The van der Waals surface area contributed by atoms with Crippen LogP contribution in [0.5, 0.6) is 5.75 Å². The van der Waals surface area contributed by atoms with Gasteiger partial charge in [0.1, 0.15) is 11.3 Å². The van der Waals surface area contributed by atoms with Crippen molar-refractivity contribution in [2.24, 2.45) is 0 Å². The van der Waals surface area contributed by atoms with Crippen molar-refractivity contribution in [1.29, 1.82) is 0 Å². The molecule has 2 heterocycles. The number of piperidine rings is 1. The summed E-state index contributed by atoms with van der Waals surface area (Å²) in [5.74, 6) is 0.217. The van der Waals surface area contributed by atoms with Gasteiger partial charge in [0, 0.05) is 23.4 Å². The van der Waals surface area contributed by atoms with Crippen molar-refractivity contribution in [2.45, 2.75) is 52.1 Å². The number of phenols is 1. The van der Waals surface area contributed by atoms with Crippen molar-refractivity contribution in [2.75, 3.05) is 6.54 Å². The van der Waals surface area contributed by atoms with E-state index in [4.69, 9.17) is 4.42 Å². The lowest BCUT2D eigenvalue weighted by atomic mass is 9.96. The number of phenolic OH excluding ortho intramolecular Hbond substituents is 1. The fourth-order valence-electron chi connectivity index (χ4n) is 4.37. The van der Waals surface area contributed by atoms with Crippen LogP contribution in [-0.2, 0) is 6.54 Å². The molecular weight excluding hydrogens is 326 g/mol. The molecule has 1 aliphatic rings. The van der Waals surface area contributed by atoms with E-state index in [-0.39, 0.29) is 11.4 Å². The molecule has 0 amide bonds. The number of aromatic hydroxyl groups is 1. The van der Waals surface area contributed by atoms with E-state index in [1.54, 1.807) is 12.1 Å². The second-order valence-corrected chi connectivity index (χ2v) is 7.36. The minimum absolute atomic E-state index is 0.217. The molecule has 1 atom stereocenters. The maximum Gasteiger partial charge on any atom is 0.344 e. The third-order valence-corrected chi connectivity index (χ3v) is 5.75. The fourth-order valence-corrected chi connectivity index (χ4v) is 4.37. The van der Waals surface area contributed by atoms with E-state index >= 15 is 0 Å². The number of aryl methyl sites for hydroxylation is 1. The first-order chi connectivity index (χ1) is 12.6. The monoisotopic (exact) mass is 351 g/mol. The standard InChI is InChI=1S/C22H25NO3/c1-3-15-8-6-7-11-23(15)13-18-19(24)12-14(2)20-16-9-4-5-10-17(16)22(25)26-21(18)20/h4-5,9-10,12,15,24H,3,6-8,11,13H2,1-2H3/t15-/m1/s1. The molecule has 0 aliphatic carbocycles. The summed E-state index contributed by atoms with van der Waals surface area (Å²) in [6.07, 6.45) is 4.72. The molecule has 3 aromatic rings. The summed E-state index contributed by atoms with van der Waals surface area (Å²) in [4.78, 5) is 14.9. The molecular formula is C22H25NO3. The van der Waals surface area contributed by atoms with Gasteiger partial charge >= 0.3 is 5.63 Å². The zero-order chi connectivity index (χ0) is 18.3. The molecule has 26 heavy (non-hydrogen) atoms. The van der Waals surface area contributed by atoms with E-state index in [9.17, 15) is 9.90 Å². The van der Waals surface area contributed by atoms with Gasteiger partial charge < -0.3 is 9.52 Å². The average molecular weight is 351 g/mol. The van der Waals surface area contributed by atoms with Crippen LogP contribution in [0.4, 0.5) is 0 Å². The van der Waals surface area contributed by atoms with E-state index in [1.165, 1.54) is 19.3 Å². The van der Waals surface area contributed by atoms with Gasteiger partial charge in [-0.1, -0.05) is 31.5 Å². The maximum absolute atomic E-state index is 12.5. The third-order valence-electron chi connectivity index (χ3n) is 5.75. The lowest BCUT2D eigenvalue weighted by Gasteiger charge is -2.35. The molecule has 0 spiro atoms. The lowest BCUT2D eigenvalue weighted by Crippen LogP contribution is -2.38. The van der Waals surface area contributed by atoms with Gasteiger partial charge in [0.2, 0.25) is 0 Å². The normalized spacial score (nSPS) is 18.6. The van der Waals surface area contributed by atoms with Crippen LogP contribution in [0.3, 0.4) is 0 Å². The quantitative estimate of drug-likeness (QED) is 0.548. The Balaban J connectivity index is 1.93. The molecule has 0 saturated carbocycles. The Morgan fingerprint density at radius 2 is 2.00 bits per heavy atom. The third kappa shape index (κ3) is 2.78. The highest BCUT2D eigenvalue weighted by atomic mass is 16.4. The lowest BCUT2D eigenvalue weighted by molar-refractivity contribution is 0.135. The molecule has 0 unspecified atom stereocenters. The average Bonchev–Trinajstić information content (AvgIpc) is 2.65. The topological polar surface area (TPSA) is 53.7 Å². The van der Waals surface area contributed by atoms with Crippen molar-refractivity contribution >= 4 is 21.7 Å². The van der Waals surface area contributed by atoms with E-state index in [0.29, 0.717) is 23.6 Å². The second-order valence-electron chi connectivity index (χ2n) is 7.36. The second kappa shape index (κ2) is 6.76. The summed E-state index contributed by atoms with van der Waals surface area (Å²) in [6, 6.07) is 9.86. The summed E-state index contributed by atoms with van der Waals surface area (Å²) in [7, 11) is 0. The predicted octanol–water partition coefficient (Wildman–Crippen LogP) is 4.72. The molecule has 1 fully saturated rings. The Labute approximate surface area is 153 Å². The molecule has 4 nitrogen and oxygen atoms in total. The summed E-state index contributed by atoms with van der Waals surface area (Å²) in [6.45, 7) is 5.80.